The Morgan fingerprint density at radius 1 is 1.65 bits per heavy atom. The van der Waals surface area contributed by atoms with E-state index < -0.39 is 6.35 Å². The number of aliphatic hydroxyl groups is 1. The van der Waals surface area contributed by atoms with Gasteiger partial charge < -0.3 is 10.4 Å². The van der Waals surface area contributed by atoms with Gasteiger partial charge in [0.25, 0.3) is 5.91 Å². The second-order valence-electron chi connectivity index (χ2n) is 4.90. The summed E-state index contributed by atoms with van der Waals surface area (Å²) >= 11 is 3.97. The highest BCUT2D eigenvalue weighted by molar-refractivity contribution is 14.1. The van der Waals surface area contributed by atoms with Gasteiger partial charge in [-0.1, -0.05) is 33.9 Å². The summed E-state index contributed by atoms with van der Waals surface area (Å²) in [5.74, 6) is 0.784. The fourth-order valence-corrected chi connectivity index (χ4v) is 4.02. The molecule has 20 heavy (non-hydrogen) atoms. The number of aliphatic hydroxyl groups excluding tert-OH is 1. The zero-order valence-electron chi connectivity index (χ0n) is 10.8. The van der Waals surface area contributed by atoms with Crippen LogP contribution < -0.4 is 10.7 Å². The Bertz CT molecular complexity index is 545. The number of rotatable bonds is 2. The van der Waals surface area contributed by atoms with Gasteiger partial charge in [0.2, 0.25) is 6.35 Å². The molecule has 0 radical (unpaired) electrons. The molecule has 3 aliphatic rings. The summed E-state index contributed by atoms with van der Waals surface area (Å²) < 4.78 is -0.340. The molecule has 0 fully saturated rings. The lowest BCUT2D eigenvalue weighted by Gasteiger charge is -2.35. The minimum Gasteiger partial charge on any atom is -0.354 e. The first-order valence-corrected chi connectivity index (χ1v) is 8.26. The number of nitrogens with zero attached hydrogens (tertiary/aromatic N) is 3. The zero-order valence-corrected chi connectivity index (χ0v) is 13.7. The summed E-state index contributed by atoms with van der Waals surface area (Å²) in [4.78, 5) is 13.5. The third kappa shape index (κ3) is 2.53. The van der Waals surface area contributed by atoms with Crippen molar-refractivity contribution in [1.82, 2.24) is 15.8 Å². The van der Waals surface area contributed by atoms with E-state index in [1.54, 1.807) is 11.8 Å². The summed E-state index contributed by atoms with van der Waals surface area (Å²) in [5, 5.41) is 21.4. The lowest BCUT2D eigenvalue weighted by molar-refractivity contribution is -0.122. The Morgan fingerprint density at radius 2 is 2.45 bits per heavy atom. The predicted octanol–water partition coefficient (Wildman–Crippen LogP) is 1.40. The van der Waals surface area contributed by atoms with Gasteiger partial charge in [-0.05, 0) is 24.1 Å². The quantitative estimate of drug-likeness (QED) is 0.366. The highest BCUT2D eigenvalue weighted by Gasteiger charge is 2.40. The number of carbonyl (C=O) groups excluding carboxylic acids is 1. The van der Waals surface area contributed by atoms with E-state index in [-0.39, 0.29) is 9.45 Å². The van der Waals surface area contributed by atoms with Crippen LogP contribution in [0.3, 0.4) is 0 Å². The van der Waals surface area contributed by atoms with Crippen molar-refractivity contribution in [3.63, 3.8) is 0 Å². The lowest BCUT2D eigenvalue weighted by atomic mass is 9.99. The minimum absolute atomic E-state index is 0.238. The van der Waals surface area contributed by atoms with Crippen LogP contribution in [-0.2, 0) is 4.79 Å². The van der Waals surface area contributed by atoms with E-state index in [0.29, 0.717) is 12.1 Å². The second kappa shape index (κ2) is 5.19. The van der Waals surface area contributed by atoms with Gasteiger partial charge in [-0.3, -0.25) is 4.79 Å². The Hall–Kier alpha value is -0.810. The topological polar surface area (TPSA) is 89.3 Å². The number of hydrogen-bond donors (Lipinski definition) is 3. The summed E-state index contributed by atoms with van der Waals surface area (Å²) in [6, 6.07) is 0. The van der Waals surface area contributed by atoms with Crippen LogP contribution in [0.5, 0.6) is 0 Å². The Balaban J connectivity index is 2.06. The van der Waals surface area contributed by atoms with Gasteiger partial charge in [0.05, 0.1) is 3.55 Å². The van der Waals surface area contributed by atoms with Crippen LogP contribution in [0.4, 0.5) is 0 Å². The third-order valence-corrected chi connectivity index (χ3v) is 4.98. The average Bonchev–Trinajstić information content (AvgIpc) is 2.98. The fraction of sp³-hybridized carbons (Fsp3) is 0.545. The van der Waals surface area contributed by atoms with Crippen LogP contribution in [0.2, 0.25) is 0 Å². The average molecular weight is 407 g/mol. The number of nitrogens with one attached hydrogen (secondary N) is 2. The van der Waals surface area contributed by atoms with Gasteiger partial charge in [0, 0.05) is 17.1 Å². The molecule has 0 aromatic heterocycles. The van der Waals surface area contributed by atoms with Crippen LogP contribution in [0.15, 0.2) is 32.7 Å². The molecule has 0 saturated carbocycles. The first-order chi connectivity index (χ1) is 9.48. The van der Waals surface area contributed by atoms with Crippen molar-refractivity contribution in [2.24, 2.45) is 10.4 Å². The highest BCUT2D eigenvalue weighted by atomic mass is 127. The fourth-order valence-electron chi connectivity index (χ4n) is 2.36. The van der Waals surface area contributed by atoms with Crippen LogP contribution >= 0.6 is 34.4 Å². The Labute approximate surface area is 134 Å². The molecule has 3 aliphatic heterocycles. The lowest BCUT2D eigenvalue weighted by Crippen LogP contribution is -2.50. The van der Waals surface area contributed by atoms with Gasteiger partial charge in [-0.15, -0.1) is 11.8 Å². The molecule has 108 valence electrons. The largest absolute Gasteiger partial charge is 0.354 e. The van der Waals surface area contributed by atoms with Crippen LogP contribution in [0, 0.1) is 0 Å². The molecule has 0 saturated heterocycles. The molecular formula is C11H14IN5O2S. The van der Waals surface area contributed by atoms with Gasteiger partial charge >= 0.3 is 0 Å². The number of halogens is 1. The van der Waals surface area contributed by atoms with Gasteiger partial charge in [-0.2, -0.15) is 5.01 Å². The summed E-state index contributed by atoms with van der Waals surface area (Å²) in [6.07, 6.45) is 2.72. The molecule has 0 bridgehead atoms. The maximum atomic E-state index is 12.4. The van der Waals surface area contributed by atoms with Gasteiger partial charge in [-0.25, -0.2) is 5.43 Å². The van der Waals surface area contributed by atoms with E-state index in [2.05, 4.69) is 49.9 Å². The molecule has 3 rings (SSSR count). The van der Waals surface area contributed by atoms with Crippen molar-refractivity contribution in [2.45, 2.75) is 29.7 Å². The number of allylic oxidation sites excluding steroid dienone is 2. The molecule has 1 amide bonds. The monoisotopic (exact) mass is 407 g/mol. The van der Waals surface area contributed by atoms with Crippen molar-refractivity contribution < 1.29 is 9.90 Å². The number of thioether (sulfide) groups is 1. The van der Waals surface area contributed by atoms with E-state index in [0.717, 1.165) is 22.7 Å². The van der Waals surface area contributed by atoms with Crippen molar-refractivity contribution in [1.29, 1.82) is 0 Å². The molecule has 0 aromatic rings. The molecule has 0 spiro atoms. The van der Waals surface area contributed by atoms with E-state index in [1.165, 1.54) is 5.01 Å². The standard InChI is InChI=1S/C11H14IN5O2S/c1-11(12)5-6(7-3-2-4-20-7)8(9(18)13-11)17-10(19)14-15-16-17/h3,10,19H,2,4-5H2,1H3,(H,13,18)(H,14,16). The highest BCUT2D eigenvalue weighted by Crippen LogP contribution is 2.42. The Kier molecular flexibility index (Phi) is 3.67. The Morgan fingerprint density at radius 3 is 3.05 bits per heavy atom. The molecule has 0 aromatic carbocycles. The molecular weight excluding hydrogens is 393 g/mol. The molecule has 0 aliphatic carbocycles. The van der Waals surface area contributed by atoms with Crippen LogP contribution in [0.25, 0.3) is 0 Å². The molecule has 2 atom stereocenters. The predicted molar refractivity (Wildman–Crippen MR) is 83.2 cm³/mol. The zero-order chi connectivity index (χ0) is 14.3. The number of alkyl halides is 1. The number of carbonyl (C=O) groups is 1. The number of hydrogen-bond acceptors (Lipinski definition) is 7. The van der Waals surface area contributed by atoms with Crippen molar-refractivity contribution in [2.75, 3.05) is 5.75 Å². The molecule has 2 unspecified atom stereocenters. The molecule has 9 heteroatoms. The van der Waals surface area contributed by atoms with Crippen LogP contribution in [0.1, 0.15) is 19.8 Å². The first kappa shape index (κ1) is 14.1. The van der Waals surface area contributed by atoms with E-state index >= 15 is 0 Å². The smallest absolute Gasteiger partial charge is 0.271 e. The maximum Gasteiger partial charge on any atom is 0.271 e. The molecule has 3 heterocycles. The molecule has 3 N–H and O–H groups in total. The van der Waals surface area contributed by atoms with Gasteiger partial charge in [0.1, 0.15) is 5.70 Å². The molecule has 7 nitrogen and oxygen atoms in total. The van der Waals surface area contributed by atoms with Crippen molar-refractivity contribution >= 4 is 40.3 Å². The first-order valence-electron chi connectivity index (χ1n) is 6.19. The third-order valence-electron chi connectivity index (χ3n) is 3.16. The summed E-state index contributed by atoms with van der Waals surface area (Å²) in [6.45, 7) is 1.97. The van der Waals surface area contributed by atoms with E-state index in [9.17, 15) is 9.90 Å². The van der Waals surface area contributed by atoms with Gasteiger partial charge in [0.15, 0.2) is 0 Å². The number of amides is 1. The van der Waals surface area contributed by atoms with E-state index in [1.807, 2.05) is 6.92 Å². The normalized spacial score (nSPS) is 33.4. The van der Waals surface area contributed by atoms with Crippen LogP contribution in [-0.4, -0.2) is 31.7 Å². The maximum absolute atomic E-state index is 12.4. The van der Waals surface area contributed by atoms with Crippen molar-refractivity contribution in [3.8, 4) is 0 Å². The second-order valence-corrected chi connectivity index (χ2v) is 8.42. The SMILES string of the molecule is CC1(I)CC(C2=CCCS2)=C(N2N=NNC2O)C(=O)N1. The minimum atomic E-state index is -1.10. The summed E-state index contributed by atoms with van der Waals surface area (Å²) in [7, 11) is 0. The van der Waals surface area contributed by atoms with E-state index in [4.69, 9.17) is 0 Å². The van der Waals surface area contributed by atoms with Crippen molar-refractivity contribution in [3.05, 3.63) is 22.3 Å². The summed E-state index contributed by atoms with van der Waals surface area (Å²) in [5.41, 5.74) is 3.72.